The molecule has 20 heavy (non-hydrogen) atoms. The lowest BCUT2D eigenvalue weighted by atomic mass is 9.76. The van der Waals surface area contributed by atoms with Crippen LogP contribution in [0.1, 0.15) is 46.0 Å². The summed E-state index contributed by atoms with van der Waals surface area (Å²) in [5.74, 6) is -1.19. The first-order chi connectivity index (χ1) is 9.41. The Hall–Kier alpha value is -1.26. The lowest BCUT2D eigenvalue weighted by Gasteiger charge is -2.34. The number of urea groups is 1. The van der Waals surface area contributed by atoms with Crippen LogP contribution in [0.2, 0.25) is 0 Å². The Morgan fingerprint density at radius 3 is 2.45 bits per heavy atom. The molecule has 2 rings (SSSR count). The van der Waals surface area contributed by atoms with Crippen molar-refractivity contribution >= 4 is 12.0 Å². The van der Waals surface area contributed by atoms with Crippen LogP contribution in [0.4, 0.5) is 4.79 Å². The summed E-state index contributed by atoms with van der Waals surface area (Å²) >= 11 is 0. The first-order valence-electron chi connectivity index (χ1n) is 7.67. The highest BCUT2D eigenvalue weighted by Crippen LogP contribution is 2.35. The van der Waals surface area contributed by atoms with Gasteiger partial charge in [0.05, 0.1) is 5.92 Å². The van der Waals surface area contributed by atoms with E-state index in [2.05, 4.69) is 12.2 Å². The van der Waals surface area contributed by atoms with Gasteiger partial charge in [0.1, 0.15) is 0 Å². The molecule has 1 aliphatic carbocycles. The Bertz CT molecular complexity index is 377. The first-order valence-corrected chi connectivity index (χ1v) is 7.67. The number of likely N-dealkylation sites (tertiary alicyclic amines) is 1. The van der Waals surface area contributed by atoms with Crippen molar-refractivity contribution in [3.8, 4) is 0 Å². The van der Waals surface area contributed by atoms with Crippen LogP contribution in [-0.4, -0.2) is 41.6 Å². The fourth-order valence-electron chi connectivity index (χ4n) is 3.44. The lowest BCUT2D eigenvalue weighted by Crippen LogP contribution is -2.44. The molecular weight excluding hydrogens is 256 g/mol. The molecule has 0 aromatic carbocycles. The summed E-state index contributed by atoms with van der Waals surface area (Å²) in [4.78, 5) is 24.9. The number of carbonyl (C=O) groups excluding carboxylic acids is 1. The topological polar surface area (TPSA) is 69.6 Å². The maximum Gasteiger partial charge on any atom is 0.317 e. The summed E-state index contributed by atoms with van der Waals surface area (Å²) in [6, 6.07) is -0.104. The zero-order chi connectivity index (χ0) is 14.8. The van der Waals surface area contributed by atoms with Gasteiger partial charge in [-0.3, -0.25) is 4.79 Å². The summed E-state index contributed by atoms with van der Waals surface area (Å²) < 4.78 is 0. The molecule has 2 aliphatic rings. The number of nitrogens with zero attached hydrogens (tertiary/aromatic N) is 1. The predicted molar refractivity (Wildman–Crippen MR) is 76.5 cm³/mol. The second-order valence-electron chi connectivity index (χ2n) is 6.86. The zero-order valence-electron chi connectivity index (χ0n) is 12.5. The average molecular weight is 282 g/mol. The first kappa shape index (κ1) is 15.1. The fraction of sp³-hybridized carbons (Fsp3) is 0.867. The van der Waals surface area contributed by atoms with E-state index in [1.807, 2.05) is 6.92 Å². The lowest BCUT2D eigenvalue weighted by molar-refractivity contribution is -0.142. The van der Waals surface area contributed by atoms with Crippen LogP contribution in [0.3, 0.4) is 0 Å². The molecule has 1 saturated heterocycles. The van der Waals surface area contributed by atoms with Crippen molar-refractivity contribution in [1.82, 2.24) is 10.2 Å². The van der Waals surface area contributed by atoms with Crippen molar-refractivity contribution in [1.29, 1.82) is 0 Å². The van der Waals surface area contributed by atoms with Gasteiger partial charge in [0.15, 0.2) is 0 Å². The van der Waals surface area contributed by atoms with Gasteiger partial charge in [0.25, 0.3) is 0 Å². The molecule has 1 saturated carbocycles. The minimum absolute atomic E-state index is 0.0310. The number of rotatable bonds is 3. The van der Waals surface area contributed by atoms with E-state index >= 15 is 0 Å². The molecule has 0 spiro atoms. The number of hydrogen-bond acceptors (Lipinski definition) is 2. The van der Waals surface area contributed by atoms with Crippen LogP contribution in [0.25, 0.3) is 0 Å². The van der Waals surface area contributed by atoms with Crippen LogP contribution in [0.5, 0.6) is 0 Å². The van der Waals surface area contributed by atoms with E-state index in [0.29, 0.717) is 19.6 Å². The maximum absolute atomic E-state index is 12.2. The standard InChI is InChI=1S/C15H26N2O3/c1-11-8-17(9-12(11)13(18)19)14(20)16-10-15(2)6-4-3-5-7-15/h11-12H,3-10H2,1-2H3,(H,16,20)(H,18,19)/t11-,12-/m1/s1. The Balaban J connectivity index is 1.82. The summed E-state index contributed by atoms with van der Waals surface area (Å²) in [6.07, 6.45) is 6.12. The number of carboxylic acids is 1. The molecule has 2 N–H and O–H groups in total. The van der Waals surface area contributed by atoms with Crippen molar-refractivity contribution < 1.29 is 14.7 Å². The largest absolute Gasteiger partial charge is 0.481 e. The number of carbonyl (C=O) groups is 2. The quantitative estimate of drug-likeness (QED) is 0.834. The smallest absolute Gasteiger partial charge is 0.317 e. The third-order valence-electron chi connectivity index (χ3n) is 4.94. The molecule has 0 aromatic heterocycles. The third kappa shape index (κ3) is 3.44. The molecule has 0 bridgehead atoms. The number of amides is 2. The molecule has 2 atom stereocenters. The normalized spacial score (nSPS) is 29.2. The number of nitrogens with one attached hydrogen (secondary N) is 1. The van der Waals surface area contributed by atoms with Gasteiger partial charge >= 0.3 is 12.0 Å². The summed E-state index contributed by atoms with van der Waals surface area (Å²) in [5.41, 5.74) is 0.214. The van der Waals surface area contributed by atoms with Gasteiger partial charge in [-0.05, 0) is 24.2 Å². The minimum atomic E-state index is -0.799. The molecule has 1 heterocycles. The summed E-state index contributed by atoms with van der Waals surface area (Å²) in [7, 11) is 0. The Morgan fingerprint density at radius 1 is 1.25 bits per heavy atom. The van der Waals surface area contributed by atoms with Gasteiger partial charge in [0.2, 0.25) is 0 Å². The number of carboxylic acid groups (broad SMARTS) is 1. The van der Waals surface area contributed by atoms with Crippen LogP contribution in [0.15, 0.2) is 0 Å². The van der Waals surface area contributed by atoms with Gasteiger partial charge in [-0.15, -0.1) is 0 Å². The Morgan fingerprint density at radius 2 is 1.90 bits per heavy atom. The minimum Gasteiger partial charge on any atom is -0.481 e. The highest BCUT2D eigenvalue weighted by atomic mass is 16.4. The second-order valence-corrected chi connectivity index (χ2v) is 6.86. The van der Waals surface area contributed by atoms with E-state index < -0.39 is 11.9 Å². The molecule has 0 unspecified atom stereocenters. The van der Waals surface area contributed by atoms with Crippen molar-refractivity contribution in [2.75, 3.05) is 19.6 Å². The summed E-state index contributed by atoms with van der Waals surface area (Å²) in [6.45, 7) is 5.71. The molecule has 1 aliphatic heterocycles. The van der Waals surface area contributed by atoms with E-state index in [4.69, 9.17) is 5.11 Å². The molecule has 5 heteroatoms. The maximum atomic E-state index is 12.2. The highest BCUT2D eigenvalue weighted by Gasteiger charge is 2.37. The Labute approximate surface area is 120 Å². The van der Waals surface area contributed by atoms with E-state index in [1.165, 1.54) is 32.1 Å². The molecule has 114 valence electrons. The van der Waals surface area contributed by atoms with Crippen molar-refractivity contribution in [2.45, 2.75) is 46.0 Å². The Kier molecular flexibility index (Phi) is 4.55. The van der Waals surface area contributed by atoms with E-state index in [1.54, 1.807) is 4.90 Å². The second kappa shape index (κ2) is 6.02. The van der Waals surface area contributed by atoms with Crippen molar-refractivity contribution in [3.63, 3.8) is 0 Å². The molecular formula is C15H26N2O3. The average Bonchev–Trinajstić information content (AvgIpc) is 2.79. The van der Waals surface area contributed by atoms with Crippen LogP contribution < -0.4 is 5.32 Å². The molecule has 0 radical (unpaired) electrons. The molecule has 0 aromatic rings. The van der Waals surface area contributed by atoms with Gasteiger partial charge in [0, 0.05) is 19.6 Å². The van der Waals surface area contributed by atoms with Gasteiger partial charge in [-0.1, -0.05) is 33.1 Å². The number of hydrogen-bond donors (Lipinski definition) is 2. The van der Waals surface area contributed by atoms with E-state index in [0.717, 1.165) is 0 Å². The predicted octanol–water partition coefficient (Wildman–Crippen LogP) is 2.32. The van der Waals surface area contributed by atoms with Crippen LogP contribution >= 0.6 is 0 Å². The van der Waals surface area contributed by atoms with Crippen LogP contribution in [-0.2, 0) is 4.79 Å². The number of aliphatic carboxylic acids is 1. The van der Waals surface area contributed by atoms with Crippen molar-refractivity contribution in [3.05, 3.63) is 0 Å². The van der Waals surface area contributed by atoms with Crippen LogP contribution in [0, 0.1) is 17.3 Å². The monoisotopic (exact) mass is 282 g/mol. The van der Waals surface area contributed by atoms with E-state index in [-0.39, 0.29) is 17.4 Å². The molecule has 5 nitrogen and oxygen atoms in total. The van der Waals surface area contributed by atoms with Gasteiger partial charge < -0.3 is 15.3 Å². The van der Waals surface area contributed by atoms with Crippen molar-refractivity contribution in [2.24, 2.45) is 17.3 Å². The summed E-state index contributed by atoms with van der Waals surface area (Å²) in [5, 5.41) is 12.1. The third-order valence-corrected chi connectivity index (χ3v) is 4.94. The zero-order valence-corrected chi connectivity index (χ0v) is 12.5. The SMILES string of the molecule is C[C@@H]1CN(C(=O)NCC2(C)CCCCC2)C[C@H]1C(=O)O. The van der Waals surface area contributed by atoms with E-state index in [9.17, 15) is 9.59 Å². The fourth-order valence-corrected chi connectivity index (χ4v) is 3.44. The molecule has 2 fully saturated rings. The highest BCUT2D eigenvalue weighted by molar-refractivity contribution is 5.77. The van der Waals surface area contributed by atoms with Gasteiger partial charge in [-0.2, -0.15) is 0 Å². The van der Waals surface area contributed by atoms with Gasteiger partial charge in [-0.25, -0.2) is 4.79 Å². The molecule has 2 amide bonds.